The summed E-state index contributed by atoms with van der Waals surface area (Å²) in [6.45, 7) is 8.36. The number of hydrogen-bond donors (Lipinski definition) is 3. The second-order valence-electron chi connectivity index (χ2n) is 5.06. The summed E-state index contributed by atoms with van der Waals surface area (Å²) in [7, 11) is 0. The van der Waals surface area contributed by atoms with Gasteiger partial charge in [0.25, 0.3) is 0 Å². The van der Waals surface area contributed by atoms with Gasteiger partial charge in [-0.2, -0.15) is 0 Å². The molecule has 17 heavy (non-hydrogen) atoms. The lowest BCUT2D eigenvalue weighted by atomic mass is 10.0. The third-order valence-electron chi connectivity index (χ3n) is 3.51. The zero-order chi connectivity index (χ0) is 12.5. The Hall–Kier alpha value is -0.160. The van der Waals surface area contributed by atoms with E-state index in [2.05, 4.69) is 24.5 Å². The molecule has 0 spiro atoms. The quantitative estimate of drug-likeness (QED) is 0.590. The molecule has 4 nitrogen and oxygen atoms in total. The predicted octanol–water partition coefficient (Wildman–Crippen LogP) is 0.752. The van der Waals surface area contributed by atoms with E-state index in [0.717, 1.165) is 45.6 Å². The highest BCUT2D eigenvalue weighted by atomic mass is 16.5. The van der Waals surface area contributed by atoms with E-state index in [1.807, 2.05) is 0 Å². The van der Waals surface area contributed by atoms with Gasteiger partial charge in [-0.1, -0.05) is 13.3 Å². The second-order valence-corrected chi connectivity index (χ2v) is 5.06. The highest BCUT2D eigenvalue weighted by Crippen LogP contribution is 2.08. The Kier molecular flexibility index (Phi) is 7.77. The normalized spacial score (nSPS) is 24.5. The van der Waals surface area contributed by atoms with Gasteiger partial charge in [-0.25, -0.2) is 0 Å². The van der Waals surface area contributed by atoms with Crippen molar-refractivity contribution in [3.05, 3.63) is 0 Å². The molecule has 0 aliphatic carbocycles. The number of morpholine rings is 1. The third kappa shape index (κ3) is 6.36. The van der Waals surface area contributed by atoms with Gasteiger partial charge in [-0.05, 0) is 32.2 Å². The summed E-state index contributed by atoms with van der Waals surface area (Å²) >= 11 is 0. The molecule has 3 N–H and O–H groups in total. The molecule has 1 rings (SSSR count). The number of aliphatic hydroxyl groups excluding tert-OH is 1. The van der Waals surface area contributed by atoms with Gasteiger partial charge >= 0.3 is 0 Å². The number of hydrogen-bond acceptors (Lipinski definition) is 4. The minimum Gasteiger partial charge on any atom is -0.396 e. The molecule has 0 radical (unpaired) electrons. The Balaban J connectivity index is 2.12. The van der Waals surface area contributed by atoms with Gasteiger partial charge in [-0.3, -0.25) is 0 Å². The Morgan fingerprint density at radius 2 is 2.35 bits per heavy atom. The lowest BCUT2D eigenvalue weighted by Crippen LogP contribution is -2.45. The fourth-order valence-electron chi connectivity index (χ4n) is 2.28. The molecule has 3 atom stereocenters. The van der Waals surface area contributed by atoms with Crippen molar-refractivity contribution < 1.29 is 9.84 Å². The van der Waals surface area contributed by atoms with Gasteiger partial charge in [-0.15, -0.1) is 0 Å². The van der Waals surface area contributed by atoms with Crippen LogP contribution in [0.1, 0.15) is 33.1 Å². The van der Waals surface area contributed by atoms with Crippen molar-refractivity contribution in [1.29, 1.82) is 0 Å². The van der Waals surface area contributed by atoms with Gasteiger partial charge in [0.1, 0.15) is 0 Å². The van der Waals surface area contributed by atoms with Crippen molar-refractivity contribution in [2.24, 2.45) is 5.92 Å². The van der Waals surface area contributed by atoms with Crippen LogP contribution in [0.2, 0.25) is 0 Å². The molecule has 4 heteroatoms. The van der Waals surface area contributed by atoms with E-state index in [4.69, 9.17) is 9.84 Å². The average Bonchev–Trinajstić information content (AvgIpc) is 2.35. The average molecular weight is 244 g/mol. The van der Waals surface area contributed by atoms with Crippen molar-refractivity contribution in [1.82, 2.24) is 10.6 Å². The Bertz CT molecular complexity index is 184. The van der Waals surface area contributed by atoms with E-state index in [9.17, 15) is 0 Å². The molecule has 0 aromatic carbocycles. The molecule has 0 aromatic heterocycles. The molecule has 0 amide bonds. The smallest absolute Gasteiger partial charge is 0.0620 e. The molecule has 1 fully saturated rings. The number of ether oxygens (including phenoxy) is 1. The van der Waals surface area contributed by atoms with Crippen LogP contribution in [0.25, 0.3) is 0 Å². The first kappa shape index (κ1) is 14.9. The fraction of sp³-hybridized carbons (Fsp3) is 1.00. The van der Waals surface area contributed by atoms with Gasteiger partial charge in [0.2, 0.25) is 0 Å². The van der Waals surface area contributed by atoms with E-state index in [-0.39, 0.29) is 0 Å². The number of rotatable bonds is 8. The summed E-state index contributed by atoms with van der Waals surface area (Å²) in [5.41, 5.74) is 0. The third-order valence-corrected chi connectivity index (χ3v) is 3.51. The van der Waals surface area contributed by atoms with Crippen LogP contribution in [0.3, 0.4) is 0 Å². The van der Waals surface area contributed by atoms with Crippen molar-refractivity contribution in [3.8, 4) is 0 Å². The summed E-state index contributed by atoms with van der Waals surface area (Å²) in [5.74, 6) is 0.595. The molecule has 0 saturated carbocycles. The van der Waals surface area contributed by atoms with Crippen molar-refractivity contribution in [2.45, 2.75) is 45.2 Å². The highest BCUT2D eigenvalue weighted by molar-refractivity contribution is 4.76. The molecule has 0 aromatic rings. The van der Waals surface area contributed by atoms with E-state index in [1.54, 1.807) is 0 Å². The molecular formula is C13H28N2O2. The molecule has 1 aliphatic rings. The summed E-state index contributed by atoms with van der Waals surface area (Å²) < 4.78 is 5.44. The molecule has 3 unspecified atom stereocenters. The lowest BCUT2D eigenvalue weighted by molar-refractivity contribution is 0.0710. The molecule has 1 saturated heterocycles. The molecule has 102 valence electrons. The van der Waals surface area contributed by atoms with Crippen molar-refractivity contribution in [2.75, 3.05) is 32.9 Å². The minimum atomic E-state index is 0.298. The second kappa shape index (κ2) is 8.86. The van der Waals surface area contributed by atoms with Crippen molar-refractivity contribution >= 4 is 0 Å². The van der Waals surface area contributed by atoms with Gasteiger partial charge in [0.05, 0.1) is 13.2 Å². The number of aliphatic hydroxyl groups is 1. The molecule has 1 heterocycles. The fourth-order valence-corrected chi connectivity index (χ4v) is 2.28. The first-order chi connectivity index (χ1) is 8.26. The largest absolute Gasteiger partial charge is 0.396 e. The summed E-state index contributed by atoms with van der Waals surface area (Å²) in [5, 5.41) is 16.0. The highest BCUT2D eigenvalue weighted by Gasteiger charge is 2.16. The lowest BCUT2D eigenvalue weighted by Gasteiger charge is -2.27. The van der Waals surface area contributed by atoms with E-state index in [1.165, 1.54) is 0 Å². The SMILES string of the molecule is CCC(CCO)CNC(C)CC1COCCN1. The van der Waals surface area contributed by atoms with Crippen LogP contribution >= 0.6 is 0 Å². The van der Waals surface area contributed by atoms with E-state index in [0.29, 0.717) is 24.6 Å². The topological polar surface area (TPSA) is 53.5 Å². The first-order valence-corrected chi connectivity index (χ1v) is 6.91. The number of nitrogens with one attached hydrogen (secondary N) is 2. The summed E-state index contributed by atoms with van der Waals surface area (Å²) in [6.07, 6.45) is 3.14. The Labute approximate surface area is 105 Å². The van der Waals surface area contributed by atoms with Crippen LogP contribution in [0, 0.1) is 5.92 Å². The van der Waals surface area contributed by atoms with Crippen LogP contribution < -0.4 is 10.6 Å². The van der Waals surface area contributed by atoms with E-state index >= 15 is 0 Å². The Morgan fingerprint density at radius 3 is 2.94 bits per heavy atom. The Morgan fingerprint density at radius 1 is 1.53 bits per heavy atom. The van der Waals surface area contributed by atoms with Gasteiger partial charge < -0.3 is 20.5 Å². The van der Waals surface area contributed by atoms with Crippen molar-refractivity contribution in [3.63, 3.8) is 0 Å². The maximum Gasteiger partial charge on any atom is 0.0620 e. The van der Waals surface area contributed by atoms with Crippen LogP contribution in [0.5, 0.6) is 0 Å². The minimum absolute atomic E-state index is 0.298. The maximum atomic E-state index is 8.94. The zero-order valence-corrected chi connectivity index (χ0v) is 11.2. The summed E-state index contributed by atoms with van der Waals surface area (Å²) in [4.78, 5) is 0. The predicted molar refractivity (Wildman–Crippen MR) is 70.2 cm³/mol. The monoisotopic (exact) mass is 244 g/mol. The molecule has 0 bridgehead atoms. The zero-order valence-electron chi connectivity index (χ0n) is 11.2. The van der Waals surface area contributed by atoms with Gasteiger partial charge in [0, 0.05) is 25.2 Å². The molecule has 1 aliphatic heterocycles. The van der Waals surface area contributed by atoms with E-state index < -0.39 is 0 Å². The standard InChI is InChI=1S/C13H28N2O2/c1-3-12(4-6-16)9-15-11(2)8-13-10-17-7-5-14-13/h11-16H,3-10H2,1-2H3. The molecular weight excluding hydrogens is 216 g/mol. The summed E-state index contributed by atoms with van der Waals surface area (Å²) in [6, 6.07) is 0.992. The first-order valence-electron chi connectivity index (χ1n) is 6.91. The van der Waals surface area contributed by atoms with Crippen LogP contribution in [0.4, 0.5) is 0 Å². The van der Waals surface area contributed by atoms with Crippen LogP contribution in [-0.4, -0.2) is 50.1 Å². The van der Waals surface area contributed by atoms with Gasteiger partial charge in [0.15, 0.2) is 0 Å². The van der Waals surface area contributed by atoms with Crippen LogP contribution in [-0.2, 0) is 4.74 Å². The van der Waals surface area contributed by atoms with Crippen LogP contribution in [0.15, 0.2) is 0 Å². The maximum absolute atomic E-state index is 8.94.